The highest BCUT2D eigenvalue weighted by Gasteiger charge is 2.44. The summed E-state index contributed by atoms with van der Waals surface area (Å²) in [5, 5.41) is 21.4. The number of hydrogen-bond acceptors (Lipinski definition) is 7. The molecule has 0 unspecified atom stereocenters. The number of aliphatic hydroxyl groups excluding tert-OH is 2. The lowest BCUT2D eigenvalue weighted by atomic mass is 10.1. The molecule has 0 aromatic carbocycles. The Balaban J connectivity index is 2.22. The maximum Gasteiger partial charge on any atom is 0.160 e. The summed E-state index contributed by atoms with van der Waals surface area (Å²) in [7, 11) is 0. The minimum atomic E-state index is -0.797. The normalized spacial score (nSPS) is 19.7. The van der Waals surface area contributed by atoms with Crippen molar-refractivity contribution in [3.05, 3.63) is 0 Å². The highest BCUT2D eigenvalue weighted by Crippen LogP contribution is 2.25. The second-order valence-corrected chi connectivity index (χ2v) is 12.3. The quantitative estimate of drug-likeness (QED) is 0.0773. The molecule has 5 nitrogen and oxygen atoms in total. The molecule has 0 radical (unpaired) electrons. The van der Waals surface area contributed by atoms with Gasteiger partial charge in [0.2, 0.25) is 0 Å². The first-order chi connectivity index (χ1) is 19.0. The Kier molecular flexibility index (Phi) is 23.9. The van der Waals surface area contributed by atoms with Gasteiger partial charge in [0.05, 0.1) is 13.2 Å². The lowest BCUT2D eigenvalue weighted by Gasteiger charge is -2.28. The van der Waals surface area contributed by atoms with Gasteiger partial charge >= 0.3 is 0 Å². The van der Waals surface area contributed by atoms with Gasteiger partial charge in [0.25, 0.3) is 0 Å². The van der Waals surface area contributed by atoms with Crippen LogP contribution in [0.3, 0.4) is 0 Å². The van der Waals surface area contributed by atoms with Crippen LogP contribution in [0.4, 0.5) is 0 Å². The van der Waals surface area contributed by atoms with E-state index in [2.05, 4.69) is 13.8 Å². The van der Waals surface area contributed by atoms with Crippen molar-refractivity contribution in [2.45, 2.75) is 180 Å². The van der Waals surface area contributed by atoms with Crippen LogP contribution in [0.5, 0.6) is 0 Å². The fraction of sp³-hybridized carbons (Fsp3) is 0.938. The number of rotatable bonds is 26. The summed E-state index contributed by atoms with van der Waals surface area (Å²) in [4.78, 5) is 0. The van der Waals surface area contributed by atoms with Crippen LogP contribution in [-0.4, -0.2) is 57.9 Å². The number of ether oxygens (including phenoxy) is 3. The van der Waals surface area contributed by atoms with Gasteiger partial charge in [-0.2, -0.15) is 0 Å². The second-order valence-electron chi connectivity index (χ2n) is 11.4. The molecule has 0 bridgehead atoms. The zero-order chi connectivity index (χ0) is 28.6. The van der Waals surface area contributed by atoms with Crippen molar-refractivity contribution in [1.29, 1.82) is 0 Å². The van der Waals surface area contributed by atoms with Crippen molar-refractivity contribution in [2.75, 3.05) is 13.2 Å². The van der Waals surface area contributed by atoms with Crippen molar-refractivity contribution >= 4 is 34.5 Å². The molecule has 1 aliphatic rings. The van der Waals surface area contributed by atoms with Gasteiger partial charge in [0.15, 0.2) is 22.3 Å². The van der Waals surface area contributed by atoms with E-state index >= 15 is 0 Å². The van der Waals surface area contributed by atoms with Gasteiger partial charge in [-0.05, 0) is 37.3 Å². The van der Waals surface area contributed by atoms with E-state index in [0.717, 1.165) is 25.7 Å². The molecule has 0 aromatic rings. The Labute approximate surface area is 251 Å². The molecule has 0 amide bonds. The molecule has 4 atom stereocenters. The Morgan fingerprint density at radius 1 is 0.692 bits per heavy atom. The first kappa shape index (κ1) is 36.7. The first-order valence-corrected chi connectivity index (χ1v) is 17.1. The highest BCUT2D eigenvalue weighted by atomic mass is 32.1. The fourth-order valence-electron chi connectivity index (χ4n) is 5.24. The van der Waals surface area contributed by atoms with Gasteiger partial charge < -0.3 is 24.4 Å². The van der Waals surface area contributed by atoms with Crippen molar-refractivity contribution in [3.8, 4) is 0 Å². The van der Waals surface area contributed by atoms with Gasteiger partial charge in [-0.25, -0.2) is 0 Å². The van der Waals surface area contributed by atoms with Crippen LogP contribution in [0.2, 0.25) is 0 Å². The average molecular weight is 589 g/mol. The summed E-state index contributed by atoms with van der Waals surface area (Å²) in [6.45, 7) is 4.40. The molecule has 1 rings (SSSR count). The predicted molar refractivity (Wildman–Crippen MR) is 171 cm³/mol. The Hall–Kier alpha value is -0.340. The third kappa shape index (κ3) is 18.7. The molecule has 39 heavy (non-hydrogen) atoms. The molecule has 0 spiro atoms. The van der Waals surface area contributed by atoms with Gasteiger partial charge in [0, 0.05) is 12.8 Å². The van der Waals surface area contributed by atoms with Crippen molar-refractivity contribution in [1.82, 2.24) is 0 Å². The summed E-state index contributed by atoms with van der Waals surface area (Å²) in [5.41, 5.74) is 0. The third-order valence-electron chi connectivity index (χ3n) is 7.73. The summed E-state index contributed by atoms with van der Waals surface area (Å²) in [6, 6.07) is 0. The van der Waals surface area contributed by atoms with E-state index in [1.807, 2.05) is 0 Å². The molecule has 0 aromatic heterocycles. The van der Waals surface area contributed by atoms with E-state index in [4.69, 9.17) is 38.6 Å². The molecular weight excluding hydrogens is 528 g/mol. The molecular formula is C32H60O5S2. The topological polar surface area (TPSA) is 68.2 Å². The zero-order valence-corrected chi connectivity index (χ0v) is 26.8. The zero-order valence-electron chi connectivity index (χ0n) is 25.2. The largest absolute Gasteiger partial charge is 0.479 e. The van der Waals surface area contributed by atoms with Crippen LogP contribution in [0.15, 0.2) is 0 Å². The summed E-state index contributed by atoms with van der Waals surface area (Å²) in [6.07, 6.45) is 24.1. The van der Waals surface area contributed by atoms with Crippen LogP contribution in [0, 0.1) is 0 Å². The number of aliphatic hydroxyl groups is 2. The lowest BCUT2D eigenvalue weighted by Crippen LogP contribution is -2.45. The van der Waals surface area contributed by atoms with Crippen LogP contribution < -0.4 is 0 Å². The van der Waals surface area contributed by atoms with Gasteiger partial charge in [0.1, 0.15) is 12.2 Å². The number of hydrogen-bond donors (Lipinski definition) is 2. The van der Waals surface area contributed by atoms with Crippen molar-refractivity contribution < 1.29 is 24.4 Å². The standard InChI is InChI=1S/C32H60O5S2/c1-3-5-7-9-11-13-15-17-19-21-23-29(38)36-28(25-33)32-31(27(34)26-35-32)37-30(39)24-22-20-18-16-14-12-10-8-6-4-2/h27-28,31-34H,3-26H2,1-2H3/t27-,28+,31-,32-/m0/s1. The lowest BCUT2D eigenvalue weighted by molar-refractivity contribution is -0.0577. The number of unbranched alkanes of at least 4 members (excludes halogenated alkanes) is 18. The Bertz CT molecular complexity index is 603. The molecule has 2 N–H and O–H groups in total. The average Bonchev–Trinajstić information content (AvgIpc) is 3.28. The van der Waals surface area contributed by atoms with Crippen molar-refractivity contribution in [2.24, 2.45) is 0 Å². The summed E-state index contributed by atoms with van der Waals surface area (Å²) < 4.78 is 17.7. The molecule has 1 fully saturated rings. The Morgan fingerprint density at radius 3 is 1.54 bits per heavy atom. The molecule has 0 aliphatic carbocycles. The van der Waals surface area contributed by atoms with E-state index < -0.39 is 24.4 Å². The van der Waals surface area contributed by atoms with E-state index in [-0.39, 0.29) is 13.2 Å². The van der Waals surface area contributed by atoms with Crippen molar-refractivity contribution in [3.63, 3.8) is 0 Å². The first-order valence-electron chi connectivity index (χ1n) is 16.3. The SMILES string of the molecule is CCCCCCCCCCCCC(=S)O[C@@H]1[C@H]([C@@H](CO)OC(=S)CCCCCCCCCCCC)OC[C@@H]1O. The fourth-order valence-corrected chi connectivity index (χ4v) is 5.77. The van der Waals surface area contributed by atoms with Crippen LogP contribution in [0.25, 0.3) is 0 Å². The molecule has 1 heterocycles. The second kappa shape index (κ2) is 25.4. The van der Waals surface area contributed by atoms with Crippen LogP contribution in [-0.2, 0) is 14.2 Å². The van der Waals surface area contributed by atoms with Gasteiger partial charge in [-0.15, -0.1) is 0 Å². The minimum absolute atomic E-state index is 0.140. The predicted octanol–water partition coefficient (Wildman–Crippen LogP) is 8.79. The maximum absolute atomic E-state index is 10.5. The highest BCUT2D eigenvalue weighted by molar-refractivity contribution is 7.80. The minimum Gasteiger partial charge on any atom is -0.479 e. The maximum atomic E-state index is 10.5. The number of thiocarbonyl (C=S) groups is 2. The molecule has 230 valence electrons. The van der Waals surface area contributed by atoms with Crippen LogP contribution in [0.1, 0.15) is 155 Å². The smallest absolute Gasteiger partial charge is 0.160 e. The van der Waals surface area contributed by atoms with E-state index in [0.29, 0.717) is 22.9 Å². The molecule has 7 heteroatoms. The monoisotopic (exact) mass is 588 g/mol. The molecule has 1 aliphatic heterocycles. The van der Waals surface area contributed by atoms with Gasteiger partial charge in [-0.3, -0.25) is 0 Å². The van der Waals surface area contributed by atoms with Gasteiger partial charge in [-0.1, -0.05) is 129 Å². The van der Waals surface area contributed by atoms with Crippen LogP contribution >= 0.6 is 24.4 Å². The summed E-state index contributed by atoms with van der Waals surface area (Å²) in [5.74, 6) is 0. The van der Waals surface area contributed by atoms with E-state index in [9.17, 15) is 10.2 Å². The Morgan fingerprint density at radius 2 is 1.10 bits per heavy atom. The molecule has 1 saturated heterocycles. The van der Waals surface area contributed by atoms with E-state index in [1.54, 1.807) is 0 Å². The summed E-state index contributed by atoms with van der Waals surface area (Å²) >= 11 is 10.9. The molecule has 0 saturated carbocycles. The van der Waals surface area contributed by atoms with E-state index in [1.165, 1.54) is 103 Å². The third-order valence-corrected chi connectivity index (χ3v) is 8.33.